The van der Waals surface area contributed by atoms with Crippen LogP contribution in [0, 0.1) is 5.92 Å². The van der Waals surface area contributed by atoms with Crippen LogP contribution < -0.4 is 0 Å². The minimum atomic E-state index is -0.414. The fraction of sp³-hybridized carbons (Fsp3) is 0.391. The molecule has 1 unspecified atom stereocenters. The molecule has 0 spiro atoms. The van der Waals surface area contributed by atoms with Gasteiger partial charge in [0.05, 0.1) is 10.3 Å². The van der Waals surface area contributed by atoms with Crippen molar-refractivity contribution in [2.45, 2.75) is 46.8 Å². The van der Waals surface area contributed by atoms with Crippen LogP contribution in [-0.2, 0) is 15.9 Å². The first kappa shape index (κ1) is 22.1. The van der Waals surface area contributed by atoms with Gasteiger partial charge in [0.15, 0.2) is 11.6 Å². The number of nitrogens with zero attached hydrogens (tertiary/aromatic N) is 3. The molecule has 3 rings (SSSR count). The molecule has 30 heavy (non-hydrogen) atoms. The summed E-state index contributed by atoms with van der Waals surface area (Å²) in [4.78, 5) is 27.2. The highest BCUT2D eigenvalue weighted by molar-refractivity contribution is 7.20. The molecule has 1 aliphatic rings. The molecule has 0 bridgehead atoms. The number of aryl methyl sites for hydroxylation is 1. The van der Waals surface area contributed by atoms with Crippen molar-refractivity contribution < 1.29 is 14.3 Å². The highest BCUT2D eigenvalue weighted by Gasteiger charge is 2.22. The zero-order chi connectivity index (χ0) is 21.8. The van der Waals surface area contributed by atoms with E-state index in [1.807, 2.05) is 39.0 Å². The smallest absolute Gasteiger partial charge is 0.201 e. The van der Waals surface area contributed by atoms with Crippen LogP contribution in [0.5, 0.6) is 0 Å². The molecule has 0 N–H and O–H groups in total. The van der Waals surface area contributed by atoms with E-state index in [-0.39, 0.29) is 11.7 Å². The van der Waals surface area contributed by atoms with Gasteiger partial charge in [0.25, 0.3) is 0 Å². The van der Waals surface area contributed by atoms with Crippen molar-refractivity contribution in [3.05, 3.63) is 52.9 Å². The summed E-state index contributed by atoms with van der Waals surface area (Å²) < 4.78 is 11.6. The predicted molar refractivity (Wildman–Crippen MR) is 122 cm³/mol. The number of carbonyl (C=O) groups is 1. The maximum Gasteiger partial charge on any atom is 0.201 e. The number of aromatic nitrogens is 2. The van der Waals surface area contributed by atoms with Crippen molar-refractivity contribution in [3.63, 3.8) is 0 Å². The number of fused-ring (bicyclic) bond motifs is 1. The normalized spacial score (nSPS) is 16.8. The SMILES string of the molecule is C=C1C=C(OC(OC)C(C)C)C(=Nc2ncnc3sc(C(C)=O)c(CC)c23)C=CC1. The molecule has 0 aromatic carbocycles. The van der Waals surface area contributed by atoms with E-state index in [0.29, 0.717) is 35.0 Å². The molecular weight excluding hydrogens is 398 g/mol. The van der Waals surface area contributed by atoms with Crippen LogP contribution in [0.15, 0.2) is 47.5 Å². The highest BCUT2D eigenvalue weighted by Crippen LogP contribution is 2.36. The number of allylic oxidation sites excluding steroid dienone is 4. The van der Waals surface area contributed by atoms with Gasteiger partial charge in [-0.25, -0.2) is 15.0 Å². The Morgan fingerprint density at radius 3 is 2.77 bits per heavy atom. The maximum atomic E-state index is 12.1. The number of rotatable bonds is 7. The predicted octanol–water partition coefficient (Wildman–Crippen LogP) is 5.57. The molecule has 0 radical (unpaired) electrons. The molecule has 6 nitrogen and oxygen atoms in total. The topological polar surface area (TPSA) is 73.7 Å². The van der Waals surface area contributed by atoms with E-state index in [2.05, 4.69) is 16.5 Å². The van der Waals surface area contributed by atoms with Crippen molar-refractivity contribution in [2.24, 2.45) is 10.9 Å². The lowest BCUT2D eigenvalue weighted by molar-refractivity contribution is -0.116. The number of hydrogen-bond donors (Lipinski definition) is 0. The van der Waals surface area contributed by atoms with Gasteiger partial charge in [-0.15, -0.1) is 11.3 Å². The number of ketones is 1. The molecule has 0 saturated carbocycles. The number of aliphatic imine (C=N–C) groups is 1. The quantitative estimate of drug-likeness (QED) is 0.428. The molecule has 2 heterocycles. The summed E-state index contributed by atoms with van der Waals surface area (Å²) in [6.07, 6.45) is 8.28. The van der Waals surface area contributed by atoms with Crippen LogP contribution >= 0.6 is 11.3 Å². The zero-order valence-corrected chi connectivity index (χ0v) is 18.9. The average molecular weight is 426 g/mol. The Bertz CT molecular complexity index is 1060. The fourth-order valence-corrected chi connectivity index (χ4v) is 4.41. The Labute approximate surface area is 181 Å². The lowest BCUT2D eigenvalue weighted by Gasteiger charge is -2.22. The molecule has 7 heteroatoms. The van der Waals surface area contributed by atoms with Crippen LogP contribution in [0.2, 0.25) is 0 Å². The van der Waals surface area contributed by atoms with Crippen molar-refractivity contribution in [3.8, 4) is 0 Å². The van der Waals surface area contributed by atoms with Gasteiger partial charge in [0.2, 0.25) is 6.29 Å². The van der Waals surface area contributed by atoms with Crippen molar-refractivity contribution in [2.75, 3.05) is 7.11 Å². The van der Waals surface area contributed by atoms with Crippen molar-refractivity contribution in [1.82, 2.24) is 9.97 Å². The fourth-order valence-electron chi connectivity index (χ4n) is 3.29. The van der Waals surface area contributed by atoms with Gasteiger partial charge in [-0.2, -0.15) is 0 Å². The van der Waals surface area contributed by atoms with Gasteiger partial charge < -0.3 is 9.47 Å². The van der Waals surface area contributed by atoms with E-state index in [1.54, 1.807) is 14.0 Å². The standard InChI is InChI=1S/C23H27N3O3S/c1-7-16-19-21(24-12-25-22(19)30-20(16)15(5)27)26-17-10-8-9-14(4)11-18(17)29-23(28-6)13(2)3/h8,10-13,23H,4,7,9H2,1-3,5-6H3. The van der Waals surface area contributed by atoms with Crippen molar-refractivity contribution in [1.29, 1.82) is 0 Å². The van der Waals surface area contributed by atoms with E-state index in [0.717, 1.165) is 21.4 Å². The number of ether oxygens (including phenoxy) is 2. The Balaban J connectivity index is 2.15. The molecule has 158 valence electrons. The van der Waals surface area contributed by atoms with Gasteiger partial charge in [-0.3, -0.25) is 4.79 Å². The second-order valence-corrected chi connectivity index (χ2v) is 8.43. The van der Waals surface area contributed by atoms with Gasteiger partial charge in [0, 0.05) is 13.0 Å². The highest BCUT2D eigenvalue weighted by atomic mass is 32.1. The number of carbonyl (C=O) groups excluding carboxylic acids is 1. The Morgan fingerprint density at radius 1 is 1.37 bits per heavy atom. The summed E-state index contributed by atoms with van der Waals surface area (Å²) in [5.41, 5.74) is 2.49. The number of methoxy groups -OCH3 is 1. The summed E-state index contributed by atoms with van der Waals surface area (Å²) in [6.45, 7) is 11.7. The van der Waals surface area contributed by atoms with E-state index in [1.165, 1.54) is 17.7 Å². The third-order valence-electron chi connectivity index (χ3n) is 4.73. The van der Waals surface area contributed by atoms with E-state index < -0.39 is 6.29 Å². The molecule has 1 aliphatic carbocycles. The third-order valence-corrected chi connectivity index (χ3v) is 5.97. The van der Waals surface area contributed by atoms with Crippen LogP contribution in [0.4, 0.5) is 5.82 Å². The van der Waals surface area contributed by atoms with Crippen molar-refractivity contribution >= 4 is 38.9 Å². The van der Waals surface area contributed by atoms with Crippen LogP contribution in [0.3, 0.4) is 0 Å². The number of hydrogen-bond acceptors (Lipinski definition) is 7. The van der Waals surface area contributed by atoms with Gasteiger partial charge >= 0.3 is 0 Å². The second kappa shape index (κ2) is 9.45. The van der Waals surface area contributed by atoms with Gasteiger partial charge in [-0.1, -0.05) is 33.4 Å². The first-order chi connectivity index (χ1) is 14.3. The number of thiophene rings is 1. The van der Waals surface area contributed by atoms with Crippen LogP contribution in [-0.4, -0.2) is 34.9 Å². The summed E-state index contributed by atoms with van der Waals surface area (Å²) in [7, 11) is 1.62. The van der Waals surface area contributed by atoms with Crippen LogP contribution in [0.1, 0.15) is 49.4 Å². The largest absolute Gasteiger partial charge is 0.462 e. The van der Waals surface area contributed by atoms with Crippen LogP contribution in [0.25, 0.3) is 10.2 Å². The van der Waals surface area contributed by atoms with E-state index >= 15 is 0 Å². The lowest BCUT2D eigenvalue weighted by atomic mass is 10.1. The lowest BCUT2D eigenvalue weighted by Crippen LogP contribution is -2.23. The molecule has 0 saturated heterocycles. The van der Waals surface area contributed by atoms with E-state index in [4.69, 9.17) is 14.5 Å². The van der Waals surface area contributed by atoms with E-state index in [9.17, 15) is 4.79 Å². The maximum absolute atomic E-state index is 12.1. The Kier molecular flexibility index (Phi) is 6.95. The molecule has 0 aliphatic heterocycles. The minimum absolute atomic E-state index is 0.0305. The Hall–Kier alpha value is -2.64. The summed E-state index contributed by atoms with van der Waals surface area (Å²) in [5, 5.41) is 0.825. The minimum Gasteiger partial charge on any atom is -0.462 e. The van der Waals surface area contributed by atoms with Gasteiger partial charge in [-0.05, 0) is 43.1 Å². The summed E-state index contributed by atoms with van der Waals surface area (Å²) >= 11 is 1.39. The Morgan fingerprint density at radius 2 is 2.13 bits per heavy atom. The first-order valence-corrected chi connectivity index (χ1v) is 10.8. The molecule has 2 aromatic rings. The molecule has 0 amide bonds. The molecule has 1 atom stereocenters. The van der Waals surface area contributed by atoms with Gasteiger partial charge in [0.1, 0.15) is 22.6 Å². The summed E-state index contributed by atoms with van der Waals surface area (Å²) in [5.74, 6) is 1.30. The molecular formula is C23H27N3O3S. The molecule has 0 fully saturated rings. The zero-order valence-electron chi connectivity index (χ0n) is 18.1. The average Bonchev–Trinajstić information content (AvgIpc) is 3.01. The first-order valence-electron chi connectivity index (χ1n) is 9.97. The molecule has 2 aromatic heterocycles. The number of Topliss-reactive ketones (excluding diaryl/α,β-unsaturated/α-hetero) is 1. The monoisotopic (exact) mass is 425 g/mol. The second-order valence-electron chi connectivity index (χ2n) is 7.43. The summed E-state index contributed by atoms with van der Waals surface area (Å²) in [6, 6.07) is 0. The third kappa shape index (κ3) is 4.57.